The number of aromatic nitrogens is 2. The first-order valence-electron chi connectivity index (χ1n) is 8.05. The van der Waals surface area contributed by atoms with E-state index in [9.17, 15) is 13.2 Å². The van der Waals surface area contributed by atoms with Crippen LogP contribution in [0.2, 0.25) is 0 Å². The van der Waals surface area contributed by atoms with Gasteiger partial charge in [0.1, 0.15) is 5.60 Å². The molecule has 2 heterocycles. The van der Waals surface area contributed by atoms with Crippen molar-refractivity contribution in [3.63, 3.8) is 0 Å². The van der Waals surface area contributed by atoms with Crippen molar-refractivity contribution in [1.82, 2.24) is 8.96 Å². The van der Waals surface area contributed by atoms with E-state index in [1.54, 1.807) is 45.0 Å². The van der Waals surface area contributed by atoms with Gasteiger partial charge < -0.3 is 4.74 Å². The Balaban J connectivity index is 1.99. The van der Waals surface area contributed by atoms with Gasteiger partial charge in [0.15, 0.2) is 5.65 Å². The molecule has 9 heteroatoms. The van der Waals surface area contributed by atoms with E-state index in [4.69, 9.17) is 4.74 Å². The number of hydrogen-bond acceptors (Lipinski definition) is 5. The molecule has 0 bridgehead atoms. The van der Waals surface area contributed by atoms with Crippen molar-refractivity contribution in [2.24, 2.45) is 0 Å². The van der Waals surface area contributed by atoms with Gasteiger partial charge in [-0.1, -0.05) is 18.2 Å². The molecule has 0 atom stereocenters. The van der Waals surface area contributed by atoms with Gasteiger partial charge in [0, 0.05) is 15.2 Å². The van der Waals surface area contributed by atoms with Crippen LogP contribution >= 0.6 is 22.6 Å². The second-order valence-corrected chi connectivity index (χ2v) is 9.79. The SMILES string of the molecule is CC(C)(C)OC(=O)Nc1cnc2c(c1)c(I)cn2S(=O)(=O)c1ccccc1. The smallest absolute Gasteiger partial charge is 0.412 e. The van der Waals surface area contributed by atoms with Gasteiger partial charge in [-0.15, -0.1) is 0 Å². The summed E-state index contributed by atoms with van der Waals surface area (Å²) in [6.45, 7) is 5.31. The molecular formula is C18H18IN3O4S. The fourth-order valence-corrected chi connectivity index (χ4v) is 4.63. The number of fused-ring (bicyclic) bond motifs is 1. The van der Waals surface area contributed by atoms with Crippen LogP contribution in [0.15, 0.2) is 53.7 Å². The number of anilines is 1. The molecular weight excluding hydrogens is 481 g/mol. The van der Waals surface area contributed by atoms with Crippen LogP contribution in [0.1, 0.15) is 20.8 Å². The Labute approximate surface area is 170 Å². The van der Waals surface area contributed by atoms with Crippen molar-refractivity contribution in [1.29, 1.82) is 0 Å². The largest absolute Gasteiger partial charge is 0.444 e. The highest BCUT2D eigenvalue weighted by atomic mass is 127. The molecule has 7 nitrogen and oxygen atoms in total. The van der Waals surface area contributed by atoms with Gasteiger partial charge in [-0.2, -0.15) is 0 Å². The van der Waals surface area contributed by atoms with Gasteiger partial charge in [0.05, 0.1) is 16.8 Å². The lowest BCUT2D eigenvalue weighted by Crippen LogP contribution is -2.27. The summed E-state index contributed by atoms with van der Waals surface area (Å²) in [7, 11) is -3.77. The Kier molecular flexibility index (Phi) is 5.17. The van der Waals surface area contributed by atoms with Crippen LogP contribution in [-0.4, -0.2) is 29.1 Å². The zero-order chi connectivity index (χ0) is 19.8. The minimum Gasteiger partial charge on any atom is -0.444 e. The van der Waals surface area contributed by atoms with Crippen LogP contribution < -0.4 is 5.32 Å². The number of hydrogen-bond donors (Lipinski definition) is 1. The van der Waals surface area contributed by atoms with Crippen molar-refractivity contribution >= 4 is 55.4 Å². The number of carbonyl (C=O) groups is 1. The Bertz CT molecular complexity index is 1100. The molecule has 0 saturated carbocycles. The predicted octanol–water partition coefficient (Wildman–Crippen LogP) is 4.22. The third-order valence-electron chi connectivity index (χ3n) is 3.51. The summed E-state index contributed by atoms with van der Waals surface area (Å²) in [5.41, 5.74) is 0.0888. The number of carbonyl (C=O) groups excluding carboxylic acids is 1. The Morgan fingerprint density at radius 3 is 2.52 bits per heavy atom. The van der Waals surface area contributed by atoms with E-state index in [2.05, 4.69) is 10.3 Å². The molecule has 1 N–H and O–H groups in total. The van der Waals surface area contributed by atoms with Crippen molar-refractivity contribution in [2.45, 2.75) is 31.3 Å². The quantitative estimate of drug-likeness (QED) is 0.545. The fourth-order valence-electron chi connectivity index (χ4n) is 2.42. The summed E-state index contributed by atoms with van der Waals surface area (Å²) >= 11 is 2.04. The number of ether oxygens (including phenoxy) is 1. The van der Waals surface area contributed by atoms with Crippen molar-refractivity contribution in [3.05, 3.63) is 52.4 Å². The summed E-state index contributed by atoms with van der Waals surface area (Å²) in [4.78, 5) is 16.4. The maximum Gasteiger partial charge on any atom is 0.412 e. The van der Waals surface area contributed by atoms with Crippen LogP contribution in [0.4, 0.5) is 10.5 Å². The molecule has 2 aromatic heterocycles. The topological polar surface area (TPSA) is 90.3 Å². The average Bonchev–Trinajstić information content (AvgIpc) is 2.91. The van der Waals surface area contributed by atoms with Gasteiger partial charge >= 0.3 is 6.09 Å². The molecule has 142 valence electrons. The lowest BCUT2D eigenvalue weighted by molar-refractivity contribution is 0.0636. The van der Waals surface area contributed by atoms with E-state index in [0.717, 1.165) is 3.97 Å². The van der Waals surface area contributed by atoms with E-state index in [1.165, 1.54) is 24.5 Å². The number of benzene rings is 1. The normalized spacial score (nSPS) is 12.1. The predicted molar refractivity (Wildman–Crippen MR) is 111 cm³/mol. The van der Waals surface area contributed by atoms with Crippen molar-refractivity contribution in [2.75, 3.05) is 5.32 Å². The standard InChI is InChI=1S/C18H18IN3O4S/c1-18(2,3)26-17(23)21-12-9-14-15(19)11-22(16(14)20-10-12)27(24,25)13-7-5-4-6-8-13/h4-11H,1-3H3,(H,21,23). The average molecular weight is 499 g/mol. The Morgan fingerprint density at radius 2 is 1.89 bits per heavy atom. The molecule has 3 rings (SSSR count). The molecule has 0 spiro atoms. The van der Waals surface area contributed by atoms with Gasteiger partial charge in [-0.3, -0.25) is 5.32 Å². The van der Waals surface area contributed by atoms with Crippen LogP contribution in [0, 0.1) is 3.57 Å². The molecule has 1 amide bonds. The first-order chi connectivity index (χ1) is 12.6. The number of halogens is 1. The van der Waals surface area contributed by atoms with Crippen LogP contribution in [-0.2, 0) is 14.8 Å². The molecule has 0 unspecified atom stereocenters. The van der Waals surface area contributed by atoms with Crippen molar-refractivity contribution in [3.8, 4) is 0 Å². The second-order valence-electron chi connectivity index (χ2n) is 6.81. The van der Waals surface area contributed by atoms with Gasteiger partial charge in [0.2, 0.25) is 0 Å². The number of pyridine rings is 1. The Morgan fingerprint density at radius 1 is 1.22 bits per heavy atom. The number of nitrogens with one attached hydrogen (secondary N) is 1. The van der Waals surface area contributed by atoms with E-state index in [1.807, 2.05) is 22.6 Å². The summed E-state index contributed by atoms with van der Waals surface area (Å²) in [5.74, 6) is 0. The highest BCUT2D eigenvalue weighted by Gasteiger charge is 2.22. The van der Waals surface area contributed by atoms with E-state index >= 15 is 0 Å². The lowest BCUT2D eigenvalue weighted by atomic mass is 10.2. The molecule has 0 fully saturated rings. The fraction of sp³-hybridized carbons (Fsp3) is 0.222. The van der Waals surface area contributed by atoms with E-state index in [-0.39, 0.29) is 10.5 Å². The highest BCUT2D eigenvalue weighted by Crippen LogP contribution is 2.27. The van der Waals surface area contributed by atoms with Crippen LogP contribution in [0.25, 0.3) is 11.0 Å². The first kappa shape index (κ1) is 19.6. The number of rotatable bonds is 3. The number of amides is 1. The summed E-state index contributed by atoms with van der Waals surface area (Å²) < 4.78 is 32.9. The molecule has 27 heavy (non-hydrogen) atoms. The molecule has 3 aromatic rings. The van der Waals surface area contributed by atoms with Gasteiger partial charge in [-0.25, -0.2) is 22.2 Å². The molecule has 0 saturated heterocycles. The lowest BCUT2D eigenvalue weighted by Gasteiger charge is -2.19. The zero-order valence-electron chi connectivity index (χ0n) is 14.9. The minimum atomic E-state index is -3.77. The van der Waals surface area contributed by atoms with Crippen LogP contribution in [0.5, 0.6) is 0 Å². The summed E-state index contributed by atoms with van der Waals surface area (Å²) in [6, 6.07) is 9.83. The maximum absolute atomic E-state index is 12.9. The summed E-state index contributed by atoms with van der Waals surface area (Å²) in [6.07, 6.45) is 2.31. The summed E-state index contributed by atoms with van der Waals surface area (Å²) in [5, 5.41) is 3.23. The third kappa shape index (κ3) is 4.24. The zero-order valence-corrected chi connectivity index (χ0v) is 17.9. The van der Waals surface area contributed by atoms with E-state index in [0.29, 0.717) is 14.6 Å². The second kappa shape index (κ2) is 7.12. The van der Waals surface area contributed by atoms with Crippen LogP contribution in [0.3, 0.4) is 0 Å². The molecule has 1 aromatic carbocycles. The monoisotopic (exact) mass is 499 g/mol. The molecule has 0 aliphatic heterocycles. The maximum atomic E-state index is 12.9. The third-order valence-corrected chi connectivity index (χ3v) is 6.03. The van der Waals surface area contributed by atoms with E-state index < -0.39 is 21.7 Å². The molecule has 0 radical (unpaired) electrons. The van der Waals surface area contributed by atoms with Gasteiger partial charge in [0.25, 0.3) is 10.0 Å². The Hall–Kier alpha value is -2.14. The number of nitrogens with zero attached hydrogens (tertiary/aromatic N) is 2. The molecule has 0 aliphatic carbocycles. The first-order valence-corrected chi connectivity index (χ1v) is 10.6. The molecule has 0 aliphatic rings. The minimum absolute atomic E-state index is 0.177. The highest BCUT2D eigenvalue weighted by molar-refractivity contribution is 14.1. The van der Waals surface area contributed by atoms with Crippen molar-refractivity contribution < 1.29 is 17.9 Å². The van der Waals surface area contributed by atoms with Gasteiger partial charge in [-0.05, 0) is 61.6 Å².